The van der Waals surface area contributed by atoms with Crippen LogP contribution in [0.5, 0.6) is 0 Å². The molecule has 4 aromatic rings. The molecular formula is C25H25N3O3S2. The molecule has 33 heavy (non-hydrogen) atoms. The highest BCUT2D eigenvalue weighted by molar-refractivity contribution is 7.89. The van der Waals surface area contributed by atoms with Gasteiger partial charge in [0.15, 0.2) is 5.78 Å². The van der Waals surface area contributed by atoms with E-state index in [1.54, 1.807) is 37.3 Å². The lowest BCUT2D eigenvalue weighted by Crippen LogP contribution is -2.30. The number of benzene rings is 3. The molecule has 3 aromatic carbocycles. The van der Waals surface area contributed by atoms with Gasteiger partial charge in [0, 0.05) is 29.9 Å². The highest BCUT2D eigenvalue weighted by Gasteiger charge is 2.21. The highest BCUT2D eigenvalue weighted by atomic mass is 32.2. The van der Waals surface area contributed by atoms with Crippen LogP contribution in [0.2, 0.25) is 0 Å². The van der Waals surface area contributed by atoms with E-state index in [1.807, 2.05) is 42.5 Å². The normalized spacial score (nSPS) is 11.7. The topological polar surface area (TPSA) is 79.4 Å². The van der Waals surface area contributed by atoms with Crippen molar-refractivity contribution < 1.29 is 13.2 Å². The molecule has 0 fully saturated rings. The van der Waals surface area contributed by atoms with Crippen LogP contribution >= 0.6 is 11.3 Å². The molecule has 8 heteroatoms. The maximum absolute atomic E-state index is 12.7. The Morgan fingerprint density at radius 3 is 2.39 bits per heavy atom. The number of hydrogen-bond donors (Lipinski definition) is 1. The molecule has 6 nitrogen and oxygen atoms in total. The van der Waals surface area contributed by atoms with E-state index in [0.29, 0.717) is 18.7 Å². The molecule has 1 heterocycles. The first-order valence-corrected chi connectivity index (χ1v) is 13.0. The smallest absolute Gasteiger partial charge is 0.243 e. The monoisotopic (exact) mass is 479 g/mol. The van der Waals surface area contributed by atoms with Gasteiger partial charge in [-0.25, -0.2) is 13.4 Å². The van der Waals surface area contributed by atoms with Crippen molar-refractivity contribution in [1.82, 2.24) is 9.29 Å². The first kappa shape index (κ1) is 23.1. The standard InChI is InChI=1S/C25H25N3O3S2/c1-3-28(4-2)33(30,31)21-14-12-18(13-15-21)23(29)17-26-20-9-7-8-19(16-20)25-27-22-10-5-6-11-24(22)32-25/h5-16,26H,3-4,17H2,1-2H3. The maximum atomic E-state index is 12.7. The zero-order valence-electron chi connectivity index (χ0n) is 18.5. The van der Waals surface area contributed by atoms with Crippen LogP contribution in [-0.4, -0.2) is 43.1 Å². The van der Waals surface area contributed by atoms with Crippen molar-refractivity contribution >= 4 is 43.0 Å². The number of nitrogens with one attached hydrogen (secondary N) is 1. The Bertz CT molecular complexity index is 1340. The van der Waals surface area contributed by atoms with E-state index in [1.165, 1.54) is 16.4 Å². The lowest BCUT2D eigenvalue weighted by molar-refractivity contribution is 0.101. The number of hydrogen-bond acceptors (Lipinski definition) is 6. The molecule has 0 radical (unpaired) electrons. The fourth-order valence-corrected chi connectivity index (χ4v) is 5.99. The number of rotatable bonds is 9. The molecule has 4 rings (SSSR count). The molecule has 1 N–H and O–H groups in total. The quantitative estimate of drug-likeness (QED) is 0.330. The number of nitrogens with zero attached hydrogens (tertiary/aromatic N) is 2. The van der Waals surface area contributed by atoms with Gasteiger partial charge in [-0.1, -0.05) is 38.1 Å². The van der Waals surface area contributed by atoms with Gasteiger partial charge in [0.05, 0.1) is 21.7 Å². The van der Waals surface area contributed by atoms with Gasteiger partial charge in [-0.2, -0.15) is 4.31 Å². The summed E-state index contributed by atoms with van der Waals surface area (Å²) < 4.78 is 27.8. The minimum atomic E-state index is -3.54. The SMILES string of the molecule is CCN(CC)S(=O)(=O)c1ccc(C(=O)CNc2cccc(-c3nc4ccccc4s3)c2)cc1. The van der Waals surface area contributed by atoms with Crippen LogP contribution in [0.3, 0.4) is 0 Å². The Morgan fingerprint density at radius 2 is 1.70 bits per heavy atom. The number of ketones is 1. The lowest BCUT2D eigenvalue weighted by atomic mass is 10.1. The van der Waals surface area contributed by atoms with Crippen LogP contribution in [-0.2, 0) is 10.0 Å². The van der Waals surface area contributed by atoms with Crippen molar-refractivity contribution in [2.24, 2.45) is 0 Å². The van der Waals surface area contributed by atoms with Crippen LogP contribution in [0.4, 0.5) is 5.69 Å². The number of para-hydroxylation sites is 1. The number of carbonyl (C=O) groups is 1. The van der Waals surface area contributed by atoms with Crippen molar-refractivity contribution in [2.75, 3.05) is 25.0 Å². The molecule has 0 saturated heterocycles. The summed E-state index contributed by atoms with van der Waals surface area (Å²) in [7, 11) is -3.54. The number of thiazole rings is 1. The summed E-state index contributed by atoms with van der Waals surface area (Å²) in [5, 5.41) is 4.10. The van der Waals surface area contributed by atoms with E-state index >= 15 is 0 Å². The Hall–Kier alpha value is -3.07. The number of anilines is 1. The molecule has 0 bridgehead atoms. The second kappa shape index (κ2) is 9.82. The third kappa shape index (κ3) is 4.98. The van der Waals surface area contributed by atoms with Crippen molar-refractivity contribution in [3.05, 3.63) is 78.4 Å². The molecule has 0 unspecified atom stereocenters. The molecule has 1 aromatic heterocycles. The molecule has 0 atom stereocenters. The minimum Gasteiger partial charge on any atom is -0.378 e. The van der Waals surface area contributed by atoms with E-state index in [9.17, 15) is 13.2 Å². The van der Waals surface area contributed by atoms with Gasteiger partial charge in [0.25, 0.3) is 0 Å². The van der Waals surface area contributed by atoms with E-state index in [-0.39, 0.29) is 17.2 Å². The molecular weight excluding hydrogens is 454 g/mol. The Balaban J connectivity index is 1.44. The lowest BCUT2D eigenvalue weighted by Gasteiger charge is -2.18. The third-order valence-electron chi connectivity index (χ3n) is 5.38. The molecule has 0 aliphatic heterocycles. The fourth-order valence-electron chi connectivity index (χ4n) is 3.57. The van der Waals surface area contributed by atoms with Gasteiger partial charge in [-0.05, 0) is 48.5 Å². The van der Waals surface area contributed by atoms with E-state index in [0.717, 1.165) is 26.5 Å². The Morgan fingerprint density at radius 1 is 0.970 bits per heavy atom. The van der Waals surface area contributed by atoms with Crippen LogP contribution < -0.4 is 5.32 Å². The van der Waals surface area contributed by atoms with Gasteiger partial charge in [-0.3, -0.25) is 4.79 Å². The summed E-state index contributed by atoms with van der Waals surface area (Å²) in [5.41, 5.74) is 3.24. The first-order valence-electron chi connectivity index (χ1n) is 10.8. The summed E-state index contributed by atoms with van der Waals surface area (Å²) in [6.45, 7) is 4.51. The summed E-state index contributed by atoms with van der Waals surface area (Å²) >= 11 is 1.63. The number of aromatic nitrogens is 1. The van der Waals surface area contributed by atoms with Crippen molar-refractivity contribution in [3.63, 3.8) is 0 Å². The van der Waals surface area contributed by atoms with Crippen LogP contribution in [0.1, 0.15) is 24.2 Å². The van der Waals surface area contributed by atoms with Gasteiger partial charge in [0.1, 0.15) is 5.01 Å². The van der Waals surface area contributed by atoms with Gasteiger partial charge < -0.3 is 5.32 Å². The third-order valence-corrected chi connectivity index (χ3v) is 8.53. The molecule has 0 aliphatic carbocycles. The van der Waals surface area contributed by atoms with Gasteiger partial charge in [-0.15, -0.1) is 11.3 Å². The van der Waals surface area contributed by atoms with Crippen molar-refractivity contribution in [1.29, 1.82) is 0 Å². The number of carbonyl (C=O) groups excluding carboxylic acids is 1. The summed E-state index contributed by atoms with van der Waals surface area (Å²) in [5.74, 6) is -0.118. The molecule has 0 spiro atoms. The molecule has 0 amide bonds. The van der Waals surface area contributed by atoms with Gasteiger partial charge in [0.2, 0.25) is 10.0 Å². The van der Waals surface area contributed by atoms with Crippen LogP contribution in [0, 0.1) is 0 Å². The van der Waals surface area contributed by atoms with Gasteiger partial charge >= 0.3 is 0 Å². The highest BCUT2D eigenvalue weighted by Crippen LogP contribution is 2.31. The van der Waals surface area contributed by atoms with E-state index < -0.39 is 10.0 Å². The Labute approximate surface area is 198 Å². The Kier molecular flexibility index (Phi) is 6.88. The van der Waals surface area contributed by atoms with Crippen LogP contribution in [0.25, 0.3) is 20.8 Å². The van der Waals surface area contributed by atoms with E-state index in [2.05, 4.69) is 11.4 Å². The number of fused-ring (bicyclic) bond motifs is 1. The molecule has 0 saturated carbocycles. The fraction of sp³-hybridized carbons (Fsp3) is 0.200. The maximum Gasteiger partial charge on any atom is 0.243 e. The number of sulfonamides is 1. The predicted octanol–water partition coefficient (Wildman–Crippen LogP) is 5.29. The average molecular weight is 480 g/mol. The second-order valence-electron chi connectivity index (χ2n) is 7.46. The molecule has 0 aliphatic rings. The largest absolute Gasteiger partial charge is 0.378 e. The molecule has 170 valence electrons. The number of Topliss-reactive ketones (excluding diaryl/α,β-unsaturated/α-hetero) is 1. The van der Waals surface area contributed by atoms with Crippen LogP contribution in [0.15, 0.2) is 77.7 Å². The second-order valence-corrected chi connectivity index (χ2v) is 10.4. The van der Waals surface area contributed by atoms with Crippen molar-refractivity contribution in [3.8, 4) is 10.6 Å². The summed E-state index contributed by atoms with van der Waals surface area (Å²) in [6, 6.07) is 22.0. The summed E-state index contributed by atoms with van der Waals surface area (Å²) in [4.78, 5) is 17.5. The van der Waals surface area contributed by atoms with E-state index in [4.69, 9.17) is 4.98 Å². The van der Waals surface area contributed by atoms with Crippen molar-refractivity contribution in [2.45, 2.75) is 18.7 Å². The summed E-state index contributed by atoms with van der Waals surface area (Å²) in [6.07, 6.45) is 0. The average Bonchev–Trinajstić information content (AvgIpc) is 3.28. The zero-order chi connectivity index (χ0) is 23.4. The first-order chi connectivity index (χ1) is 15.9. The minimum absolute atomic E-state index is 0.103. The zero-order valence-corrected chi connectivity index (χ0v) is 20.1. The predicted molar refractivity (Wildman–Crippen MR) is 134 cm³/mol.